The lowest BCUT2D eigenvalue weighted by Gasteiger charge is -2.22. The van der Waals surface area contributed by atoms with Crippen LogP contribution in [0.4, 0.5) is 5.82 Å². The van der Waals surface area contributed by atoms with Crippen LogP contribution in [0.5, 0.6) is 0 Å². The number of nitrogens with zero attached hydrogens (tertiary/aromatic N) is 4. The predicted molar refractivity (Wildman–Crippen MR) is 78.7 cm³/mol. The quantitative estimate of drug-likeness (QED) is 0.603. The minimum atomic E-state index is 0.713. The largest absolute Gasteiger partial charge is 0.354 e. The summed E-state index contributed by atoms with van der Waals surface area (Å²) in [5.74, 6) is 1.78. The third-order valence-corrected chi connectivity index (χ3v) is 3.87. The molecule has 0 atom stereocenters. The highest BCUT2D eigenvalue weighted by Crippen LogP contribution is 2.19. The molecule has 0 saturated carbocycles. The number of aromatic nitrogens is 2. The van der Waals surface area contributed by atoms with Gasteiger partial charge in [0.1, 0.15) is 12.1 Å². The zero-order chi connectivity index (χ0) is 12.1. The third-order valence-electron chi connectivity index (χ3n) is 2.94. The van der Waals surface area contributed by atoms with E-state index in [4.69, 9.17) is 11.6 Å². The lowest BCUT2D eigenvalue weighted by atomic mass is 10.4. The Bertz CT molecular complexity index is 363. The molecule has 0 bridgehead atoms. The van der Waals surface area contributed by atoms with E-state index in [1.807, 2.05) is 6.20 Å². The summed E-state index contributed by atoms with van der Waals surface area (Å²) in [5, 5.41) is 0. The van der Waals surface area contributed by atoms with Crippen molar-refractivity contribution >= 4 is 40.0 Å². The number of anilines is 1. The zero-order valence-electron chi connectivity index (χ0n) is 9.65. The Morgan fingerprint density at radius 1 is 1.29 bits per heavy atom. The van der Waals surface area contributed by atoms with Crippen molar-refractivity contribution in [1.82, 2.24) is 14.9 Å². The summed E-state index contributed by atoms with van der Waals surface area (Å²) >= 11 is 8.09. The summed E-state index contributed by atoms with van der Waals surface area (Å²) in [4.78, 5) is 13.2. The molecule has 1 fully saturated rings. The molecular weight excluding hydrogens is 351 g/mol. The summed E-state index contributed by atoms with van der Waals surface area (Å²) in [6, 6.07) is 0. The van der Waals surface area contributed by atoms with Crippen molar-refractivity contribution in [1.29, 1.82) is 0 Å². The van der Waals surface area contributed by atoms with Crippen LogP contribution in [0.1, 0.15) is 6.42 Å². The molecule has 1 aromatic heterocycles. The molecule has 0 unspecified atom stereocenters. The topological polar surface area (TPSA) is 32.3 Å². The van der Waals surface area contributed by atoms with Gasteiger partial charge in [-0.2, -0.15) is 0 Å². The van der Waals surface area contributed by atoms with Crippen LogP contribution in [0.2, 0.25) is 0 Å². The van der Waals surface area contributed by atoms with E-state index in [2.05, 4.69) is 42.4 Å². The van der Waals surface area contributed by atoms with Crippen molar-refractivity contribution in [3.63, 3.8) is 0 Å². The number of alkyl halides is 1. The van der Waals surface area contributed by atoms with Gasteiger partial charge in [-0.15, -0.1) is 11.6 Å². The van der Waals surface area contributed by atoms with Gasteiger partial charge in [-0.25, -0.2) is 9.97 Å². The van der Waals surface area contributed by atoms with E-state index in [9.17, 15) is 0 Å². The number of rotatable bonds is 3. The molecule has 94 valence electrons. The maximum Gasteiger partial charge on any atom is 0.145 e. The van der Waals surface area contributed by atoms with E-state index in [0.29, 0.717) is 5.88 Å². The first-order valence-electron chi connectivity index (χ1n) is 5.80. The summed E-state index contributed by atoms with van der Waals surface area (Å²) < 4.78 is 1.12. The minimum Gasteiger partial charge on any atom is -0.354 e. The fraction of sp³-hybridized carbons (Fsp3) is 0.636. The molecule has 6 heteroatoms. The van der Waals surface area contributed by atoms with E-state index in [-0.39, 0.29) is 0 Å². The zero-order valence-corrected chi connectivity index (χ0v) is 12.6. The van der Waals surface area contributed by atoms with Crippen LogP contribution in [0, 0.1) is 3.57 Å². The average molecular weight is 367 g/mol. The Morgan fingerprint density at radius 3 is 2.94 bits per heavy atom. The molecule has 0 N–H and O–H groups in total. The van der Waals surface area contributed by atoms with Crippen LogP contribution in [-0.4, -0.2) is 53.5 Å². The van der Waals surface area contributed by atoms with Gasteiger partial charge in [0, 0.05) is 38.3 Å². The number of halogens is 2. The monoisotopic (exact) mass is 366 g/mol. The van der Waals surface area contributed by atoms with Crippen LogP contribution in [0.3, 0.4) is 0 Å². The van der Waals surface area contributed by atoms with Gasteiger partial charge in [0.25, 0.3) is 0 Å². The Labute approximate surface area is 121 Å². The Kier molecular flexibility index (Phi) is 5.24. The molecule has 0 aromatic carbocycles. The van der Waals surface area contributed by atoms with Crippen LogP contribution in [0.15, 0.2) is 12.5 Å². The van der Waals surface area contributed by atoms with E-state index >= 15 is 0 Å². The molecule has 1 aromatic rings. The van der Waals surface area contributed by atoms with Gasteiger partial charge < -0.3 is 9.80 Å². The van der Waals surface area contributed by atoms with Gasteiger partial charge in [0.2, 0.25) is 0 Å². The van der Waals surface area contributed by atoms with Crippen LogP contribution in [0.25, 0.3) is 0 Å². The van der Waals surface area contributed by atoms with Gasteiger partial charge in [0.05, 0.1) is 3.57 Å². The maximum absolute atomic E-state index is 5.79. The summed E-state index contributed by atoms with van der Waals surface area (Å²) in [5.41, 5.74) is 0. The number of hydrogen-bond donors (Lipinski definition) is 0. The lowest BCUT2D eigenvalue weighted by molar-refractivity contribution is 0.311. The van der Waals surface area contributed by atoms with Crippen LogP contribution >= 0.6 is 34.2 Å². The van der Waals surface area contributed by atoms with E-state index in [1.165, 1.54) is 0 Å². The van der Waals surface area contributed by atoms with E-state index in [1.54, 1.807) is 6.33 Å². The molecule has 2 rings (SSSR count). The van der Waals surface area contributed by atoms with Crippen molar-refractivity contribution < 1.29 is 0 Å². The van der Waals surface area contributed by atoms with Crippen molar-refractivity contribution in [2.24, 2.45) is 0 Å². The first kappa shape index (κ1) is 13.3. The standard InChI is InChI=1S/C11H16ClIN4/c12-2-5-16-3-1-4-17(7-6-16)11-10(13)8-14-9-15-11/h8-9H,1-7H2. The second kappa shape index (κ2) is 6.70. The minimum absolute atomic E-state index is 0.713. The average Bonchev–Trinajstić information content (AvgIpc) is 2.56. The molecule has 0 radical (unpaired) electrons. The van der Waals surface area contributed by atoms with E-state index in [0.717, 1.165) is 48.5 Å². The third kappa shape index (κ3) is 3.66. The van der Waals surface area contributed by atoms with Crippen molar-refractivity contribution in [3.8, 4) is 0 Å². The smallest absolute Gasteiger partial charge is 0.145 e. The highest BCUT2D eigenvalue weighted by molar-refractivity contribution is 14.1. The molecule has 1 saturated heterocycles. The fourth-order valence-electron chi connectivity index (χ4n) is 2.06. The summed E-state index contributed by atoms with van der Waals surface area (Å²) in [7, 11) is 0. The lowest BCUT2D eigenvalue weighted by Crippen LogP contribution is -2.32. The molecular formula is C11H16ClIN4. The van der Waals surface area contributed by atoms with Gasteiger partial charge in [-0.1, -0.05) is 0 Å². The predicted octanol–water partition coefficient (Wildman–Crippen LogP) is 1.83. The molecule has 0 amide bonds. The second-order valence-corrected chi connectivity index (χ2v) is 5.61. The van der Waals surface area contributed by atoms with Crippen molar-refractivity contribution in [2.45, 2.75) is 6.42 Å². The first-order valence-corrected chi connectivity index (χ1v) is 7.41. The molecule has 1 aliphatic rings. The van der Waals surface area contributed by atoms with Gasteiger partial charge in [-0.05, 0) is 35.6 Å². The van der Waals surface area contributed by atoms with Gasteiger partial charge >= 0.3 is 0 Å². The van der Waals surface area contributed by atoms with Crippen LogP contribution < -0.4 is 4.90 Å². The second-order valence-electron chi connectivity index (χ2n) is 4.07. The molecule has 2 heterocycles. The summed E-state index contributed by atoms with van der Waals surface area (Å²) in [6.07, 6.45) is 4.65. The molecule has 17 heavy (non-hydrogen) atoms. The van der Waals surface area contributed by atoms with Crippen molar-refractivity contribution in [3.05, 3.63) is 16.1 Å². The SMILES string of the molecule is ClCCN1CCCN(c2ncncc2I)CC1. The molecule has 0 spiro atoms. The Morgan fingerprint density at radius 2 is 2.18 bits per heavy atom. The molecule has 4 nitrogen and oxygen atoms in total. The van der Waals surface area contributed by atoms with Gasteiger partial charge in [-0.3, -0.25) is 0 Å². The van der Waals surface area contributed by atoms with Gasteiger partial charge in [0.15, 0.2) is 0 Å². The Hall–Kier alpha value is -0.140. The molecule has 1 aliphatic heterocycles. The Balaban J connectivity index is 2.01. The normalized spacial score (nSPS) is 18.1. The maximum atomic E-state index is 5.79. The molecule has 0 aliphatic carbocycles. The van der Waals surface area contributed by atoms with E-state index < -0.39 is 0 Å². The first-order chi connectivity index (χ1) is 8.31. The number of hydrogen-bond acceptors (Lipinski definition) is 4. The van der Waals surface area contributed by atoms with Crippen LogP contribution in [-0.2, 0) is 0 Å². The fourth-order valence-corrected chi connectivity index (χ4v) is 2.94. The highest BCUT2D eigenvalue weighted by atomic mass is 127. The van der Waals surface area contributed by atoms with Crippen molar-refractivity contribution in [2.75, 3.05) is 43.5 Å². The summed E-state index contributed by atoms with van der Waals surface area (Å²) in [6.45, 7) is 5.25. The highest BCUT2D eigenvalue weighted by Gasteiger charge is 2.17.